The van der Waals surface area contributed by atoms with Gasteiger partial charge in [0.1, 0.15) is 5.60 Å². The van der Waals surface area contributed by atoms with E-state index in [0.717, 1.165) is 23.5 Å². The maximum Gasteiger partial charge on any atom is 0.492 e. The molecule has 0 atom stereocenters. The molecule has 0 aromatic heterocycles. The molecule has 22 heavy (non-hydrogen) atoms. The van der Waals surface area contributed by atoms with Gasteiger partial charge in [0.25, 0.3) is 0 Å². The van der Waals surface area contributed by atoms with Gasteiger partial charge in [0.15, 0.2) is 0 Å². The van der Waals surface area contributed by atoms with Crippen LogP contribution in [-0.4, -0.2) is 36.9 Å². The van der Waals surface area contributed by atoms with Crippen LogP contribution in [0, 0.1) is 0 Å². The van der Waals surface area contributed by atoms with Gasteiger partial charge in [-0.05, 0) is 12.0 Å². The summed E-state index contributed by atoms with van der Waals surface area (Å²) < 4.78 is 42.5. The van der Waals surface area contributed by atoms with Crippen LogP contribution in [0.4, 0.5) is 13.2 Å². The Morgan fingerprint density at radius 2 is 1.91 bits per heavy atom. The molecule has 0 unspecified atom stereocenters. The number of hydrogen-bond acceptors (Lipinski definition) is 4. The molecule has 0 saturated carbocycles. The lowest BCUT2D eigenvalue weighted by atomic mass is 9.87. The third-order valence-electron chi connectivity index (χ3n) is 3.48. The molecule has 1 aromatic carbocycles. The summed E-state index contributed by atoms with van der Waals surface area (Å²) in [6.07, 6.45) is -3.18. The third-order valence-corrected chi connectivity index (χ3v) is 3.48. The Hall–Kier alpha value is -1.60. The first-order valence-corrected chi connectivity index (χ1v) is 7.11. The largest absolute Gasteiger partial charge is 0.492 e. The van der Waals surface area contributed by atoms with Crippen molar-refractivity contribution < 1.29 is 27.5 Å². The van der Waals surface area contributed by atoms with E-state index < -0.39 is 17.7 Å². The number of alkyl halides is 3. The van der Waals surface area contributed by atoms with Crippen LogP contribution >= 0.6 is 0 Å². The number of ether oxygens (including phenoxy) is 1. The van der Waals surface area contributed by atoms with Gasteiger partial charge < -0.3 is 9.57 Å². The van der Waals surface area contributed by atoms with Crippen LogP contribution in [0.2, 0.25) is 0 Å². The molecule has 0 bridgehead atoms. The molecule has 0 aliphatic carbocycles. The van der Waals surface area contributed by atoms with E-state index in [1.807, 2.05) is 37.3 Å². The van der Waals surface area contributed by atoms with Crippen molar-refractivity contribution in [2.75, 3.05) is 19.7 Å². The first kappa shape index (κ1) is 16.8. The van der Waals surface area contributed by atoms with Gasteiger partial charge in [0, 0.05) is 6.61 Å². The maximum absolute atomic E-state index is 12.2. The van der Waals surface area contributed by atoms with Crippen molar-refractivity contribution in [2.24, 2.45) is 0 Å². The predicted octanol–water partition coefficient (Wildman–Crippen LogP) is 3.03. The lowest BCUT2D eigenvalue weighted by Crippen LogP contribution is -2.61. The van der Waals surface area contributed by atoms with E-state index in [2.05, 4.69) is 4.84 Å². The number of nitrogens with zero attached hydrogens (tertiary/aromatic N) is 1. The predicted molar refractivity (Wildman–Crippen MR) is 72.7 cm³/mol. The molecule has 1 saturated heterocycles. The lowest BCUT2D eigenvalue weighted by Gasteiger charge is -2.48. The summed E-state index contributed by atoms with van der Waals surface area (Å²) >= 11 is 0. The fraction of sp³-hybridized carbons (Fsp3) is 0.533. The van der Waals surface area contributed by atoms with E-state index in [-0.39, 0.29) is 13.1 Å². The SMILES string of the molecule is CCCCOC1(c2ccccc2)CN(OC(=O)C(F)(F)F)C1. The summed E-state index contributed by atoms with van der Waals surface area (Å²) in [5.74, 6) is -2.21. The zero-order valence-electron chi connectivity index (χ0n) is 12.2. The molecule has 0 spiro atoms. The van der Waals surface area contributed by atoms with Crippen molar-refractivity contribution in [1.82, 2.24) is 5.06 Å². The van der Waals surface area contributed by atoms with E-state index >= 15 is 0 Å². The highest BCUT2D eigenvalue weighted by Gasteiger charge is 2.51. The Labute approximate surface area is 126 Å². The number of unbranched alkanes of at least 4 members (excludes halogenated alkanes) is 1. The molecule has 0 radical (unpaired) electrons. The van der Waals surface area contributed by atoms with Crippen LogP contribution in [0.5, 0.6) is 0 Å². The van der Waals surface area contributed by atoms with Crippen molar-refractivity contribution in [3.63, 3.8) is 0 Å². The maximum atomic E-state index is 12.2. The Morgan fingerprint density at radius 3 is 2.45 bits per heavy atom. The second-order valence-corrected chi connectivity index (χ2v) is 5.24. The fourth-order valence-corrected chi connectivity index (χ4v) is 2.27. The first-order chi connectivity index (χ1) is 10.4. The number of halogens is 3. The van der Waals surface area contributed by atoms with Crippen LogP contribution < -0.4 is 0 Å². The summed E-state index contributed by atoms with van der Waals surface area (Å²) in [5.41, 5.74) is 0.146. The van der Waals surface area contributed by atoms with E-state index in [1.165, 1.54) is 0 Å². The summed E-state index contributed by atoms with van der Waals surface area (Å²) in [4.78, 5) is 15.2. The van der Waals surface area contributed by atoms with E-state index in [9.17, 15) is 18.0 Å². The molecule has 1 aliphatic rings. The molecule has 1 heterocycles. The molecule has 4 nitrogen and oxygen atoms in total. The lowest BCUT2D eigenvalue weighted by molar-refractivity contribution is -0.296. The van der Waals surface area contributed by atoms with E-state index in [0.29, 0.717) is 6.61 Å². The van der Waals surface area contributed by atoms with Gasteiger partial charge in [-0.1, -0.05) is 43.7 Å². The summed E-state index contributed by atoms with van der Waals surface area (Å²) in [7, 11) is 0. The molecular formula is C15H18F3NO3. The normalized spacial score (nSPS) is 17.8. The fourth-order valence-electron chi connectivity index (χ4n) is 2.27. The van der Waals surface area contributed by atoms with Crippen LogP contribution in [0.15, 0.2) is 30.3 Å². The molecule has 122 valence electrons. The Morgan fingerprint density at radius 1 is 1.27 bits per heavy atom. The molecule has 1 aromatic rings. The second-order valence-electron chi connectivity index (χ2n) is 5.24. The minimum absolute atomic E-state index is 0.0859. The summed E-state index contributed by atoms with van der Waals surface area (Å²) in [5, 5.41) is 0.981. The molecule has 0 N–H and O–H groups in total. The first-order valence-electron chi connectivity index (χ1n) is 7.11. The van der Waals surface area contributed by atoms with Gasteiger partial charge in [-0.25, -0.2) is 4.79 Å². The highest BCUT2D eigenvalue weighted by atomic mass is 19.4. The zero-order chi connectivity index (χ0) is 16.2. The van der Waals surface area contributed by atoms with Crippen molar-refractivity contribution in [3.05, 3.63) is 35.9 Å². The molecular weight excluding hydrogens is 299 g/mol. The van der Waals surface area contributed by atoms with Crippen molar-refractivity contribution in [1.29, 1.82) is 0 Å². The Bertz CT molecular complexity index is 499. The van der Waals surface area contributed by atoms with Gasteiger partial charge in [-0.3, -0.25) is 0 Å². The van der Waals surface area contributed by atoms with Crippen molar-refractivity contribution in [3.8, 4) is 0 Å². The number of hydroxylamine groups is 2. The average molecular weight is 317 g/mol. The smallest absolute Gasteiger partial charge is 0.367 e. The van der Waals surface area contributed by atoms with Crippen LogP contribution in [0.3, 0.4) is 0 Å². The van der Waals surface area contributed by atoms with E-state index in [4.69, 9.17) is 4.74 Å². The minimum atomic E-state index is -4.99. The minimum Gasteiger partial charge on any atom is -0.367 e. The summed E-state index contributed by atoms with van der Waals surface area (Å²) in [6, 6.07) is 9.24. The highest BCUT2D eigenvalue weighted by Crippen LogP contribution is 2.37. The van der Waals surface area contributed by atoms with Gasteiger partial charge in [-0.2, -0.15) is 13.2 Å². The third kappa shape index (κ3) is 3.78. The summed E-state index contributed by atoms with van der Waals surface area (Å²) in [6.45, 7) is 2.70. The molecule has 7 heteroatoms. The number of carbonyl (C=O) groups excluding carboxylic acids is 1. The monoisotopic (exact) mass is 317 g/mol. The molecule has 0 amide bonds. The number of rotatable bonds is 6. The number of carbonyl (C=O) groups is 1. The van der Waals surface area contributed by atoms with Gasteiger partial charge >= 0.3 is 12.1 Å². The van der Waals surface area contributed by atoms with Crippen LogP contribution in [0.25, 0.3) is 0 Å². The second kappa shape index (κ2) is 6.66. The molecule has 1 aliphatic heterocycles. The zero-order valence-corrected chi connectivity index (χ0v) is 12.2. The number of benzene rings is 1. The Balaban J connectivity index is 2.00. The quantitative estimate of drug-likeness (QED) is 0.756. The average Bonchev–Trinajstić information content (AvgIpc) is 2.44. The van der Waals surface area contributed by atoms with Crippen molar-refractivity contribution in [2.45, 2.75) is 31.5 Å². The molecule has 2 rings (SSSR count). The van der Waals surface area contributed by atoms with Crippen LogP contribution in [-0.2, 0) is 20.0 Å². The van der Waals surface area contributed by atoms with Gasteiger partial charge in [0.2, 0.25) is 0 Å². The van der Waals surface area contributed by atoms with Gasteiger partial charge in [-0.15, -0.1) is 5.06 Å². The molecule has 1 fully saturated rings. The van der Waals surface area contributed by atoms with Crippen LogP contribution in [0.1, 0.15) is 25.3 Å². The number of hydrogen-bond donors (Lipinski definition) is 0. The highest BCUT2D eigenvalue weighted by molar-refractivity contribution is 5.75. The van der Waals surface area contributed by atoms with E-state index in [1.54, 1.807) is 0 Å². The topological polar surface area (TPSA) is 38.8 Å². The van der Waals surface area contributed by atoms with Crippen molar-refractivity contribution >= 4 is 5.97 Å². The standard InChI is InChI=1S/C15H18F3NO3/c1-2-3-9-21-14(12-7-5-4-6-8-12)10-19(11-14)22-13(20)15(16,17)18/h4-8H,2-3,9-11H2,1H3. The Kier molecular flexibility index (Phi) is 5.08. The van der Waals surface area contributed by atoms with Gasteiger partial charge in [0.05, 0.1) is 13.1 Å².